The molecule has 0 saturated heterocycles. The molecule has 4 N–H and O–H groups in total. The molecule has 0 spiro atoms. The van der Waals surface area contributed by atoms with E-state index in [1.165, 1.54) is 18.2 Å². The zero-order valence-electron chi connectivity index (χ0n) is 8.37. The molecule has 1 rings (SSSR count). The van der Waals surface area contributed by atoms with E-state index in [9.17, 15) is 9.90 Å². The number of hydrogen-bond acceptors (Lipinski definition) is 3. The Morgan fingerprint density at radius 1 is 1.56 bits per heavy atom. The topological polar surface area (TPSA) is 75.3 Å². The normalized spacial score (nSPS) is 9.81. The van der Waals surface area contributed by atoms with Crippen LogP contribution < -0.4 is 11.1 Å². The van der Waals surface area contributed by atoms with Gasteiger partial charge in [0.15, 0.2) is 0 Å². The number of nitrogens with two attached hydrogens (primary N) is 1. The molecule has 0 fully saturated rings. The number of halogens is 1. The minimum absolute atomic E-state index is 0.0103. The second-order valence-electron chi connectivity index (χ2n) is 3.14. The van der Waals surface area contributed by atoms with Gasteiger partial charge in [-0.2, -0.15) is 0 Å². The Morgan fingerprint density at radius 3 is 2.88 bits per heavy atom. The maximum absolute atomic E-state index is 11.6. The summed E-state index contributed by atoms with van der Waals surface area (Å²) in [7, 11) is 0. The highest BCUT2D eigenvalue weighted by atomic mass is 35.5. The first-order valence-electron chi connectivity index (χ1n) is 4.55. The summed E-state index contributed by atoms with van der Waals surface area (Å²) in [5.74, 6) is -0.374. The van der Waals surface area contributed by atoms with E-state index in [0.717, 1.165) is 0 Å². The summed E-state index contributed by atoms with van der Waals surface area (Å²) >= 11 is 10.5. The number of carbonyl (C=O) groups is 1. The Morgan fingerprint density at radius 2 is 2.25 bits per heavy atom. The predicted molar refractivity (Wildman–Crippen MR) is 66.9 cm³/mol. The molecule has 6 heteroatoms. The molecule has 0 aliphatic carbocycles. The molecule has 0 heterocycles. The summed E-state index contributed by atoms with van der Waals surface area (Å²) in [5.41, 5.74) is 5.51. The maximum atomic E-state index is 11.6. The molecule has 0 aromatic heterocycles. The van der Waals surface area contributed by atoms with Gasteiger partial charge in [0.05, 0.1) is 15.6 Å². The van der Waals surface area contributed by atoms with Gasteiger partial charge in [0.2, 0.25) is 0 Å². The number of thiocarbonyl (C=S) groups is 1. The number of phenols is 1. The van der Waals surface area contributed by atoms with Crippen LogP contribution in [-0.2, 0) is 0 Å². The maximum Gasteiger partial charge on any atom is 0.252 e. The molecule has 1 aromatic carbocycles. The fraction of sp³-hybridized carbons (Fsp3) is 0.200. The van der Waals surface area contributed by atoms with Gasteiger partial charge in [-0.15, -0.1) is 0 Å². The highest BCUT2D eigenvalue weighted by molar-refractivity contribution is 7.80. The predicted octanol–water partition coefficient (Wildman–Crippen LogP) is 1.45. The Balaban J connectivity index is 2.65. The first kappa shape index (κ1) is 12.7. The van der Waals surface area contributed by atoms with Gasteiger partial charge in [0.1, 0.15) is 5.75 Å². The molecule has 0 unspecified atom stereocenters. The number of carbonyl (C=O) groups excluding carboxylic acids is 1. The van der Waals surface area contributed by atoms with Gasteiger partial charge < -0.3 is 16.2 Å². The fourth-order valence-electron chi connectivity index (χ4n) is 1.08. The van der Waals surface area contributed by atoms with E-state index in [-0.39, 0.29) is 22.2 Å². The van der Waals surface area contributed by atoms with E-state index in [2.05, 4.69) is 17.5 Å². The quantitative estimate of drug-likeness (QED) is 0.715. The minimum atomic E-state index is -0.364. The van der Waals surface area contributed by atoms with Crippen molar-refractivity contribution in [2.45, 2.75) is 6.42 Å². The van der Waals surface area contributed by atoms with Crippen molar-refractivity contribution in [3.63, 3.8) is 0 Å². The fourth-order valence-corrected chi connectivity index (χ4v) is 1.39. The zero-order chi connectivity index (χ0) is 12.1. The summed E-state index contributed by atoms with van der Waals surface area (Å²) in [6, 6.07) is 4.17. The van der Waals surface area contributed by atoms with Gasteiger partial charge in [0, 0.05) is 13.0 Å². The number of benzene rings is 1. The summed E-state index contributed by atoms with van der Waals surface area (Å²) in [4.78, 5) is 11.9. The zero-order valence-corrected chi connectivity index (χ0v) is 9.94. The minimum Gasteiger partial charge on any atom is -0.508 e. The van der Waals surface area contributed by atoms with Crippen molar-refractivity contribution < 1.29 is 9.90 Å². The van der Waals surface area contributed by atoms with Crippen molar-refractivity contribution in [1.29, 1.82) is 0 Å². The van der Waals surface area contributed by atoms with Gasteiger partial charge in [-0.25, -0.2) is 0 Å². The standard InChI is InChI=1S/C10H11ClN2O2S/c11-8-2-1-6(14)5-7(8)10(15)13-4-3-9(12)16/h1-2,5,14H,3-4H2,(H2,12,16)(H,13,15). The largest absolute Gasteiger partial charge is 0.508 e. The summed E-state index contributed by atoms with van der Waals surface area (Å²) in [5, 5.41) is 12.1. The average Bonchev–Trinajstić information content (AvgIpc) is 2.21. The summed E-state index contributed by atoms with van der Waals surface area (Å²) in [6.45, 7) is 0.347. The van der Waals surface area contributed by atoms with Crippen LogP contribution in [0, 0.1) is 0 Å². The SMILES string of the molecule is NC(=S)CCNC(=O)c1cc(O)ccc1Cl. The lowest BCUT2D eigenvalue weighted by molar-refractivity contribution is 0.0954. The smallest absolute Gasteiger partial charge is 0.252 e. The molecule has 0 aliphatic heterocycles. The van der Waals surface area contributed by atoms with Crippen LogP contribution in [0.4, 0.5) is 0 Å². The van der Waals surface area contributed by atoms with Crippen LogP contribution in [0.2, 0.25) is 5.02 Å². The summed E-state index contributed by atoms with van der Waals surface area (Å²) < 4.78 is 0. The van der Waals surface area contributed by atoms with Crippen LogP contribution >= 0.6 is 23.8 Å². The molecular weight excluding hydrogens is 248 g/mol. The van der Waals surface area contributed by atoms with Crippen molar-refractivity contribution in [1.82, 2.24) is 5.32 Å². The molecular formula is C10H11ClN2O2S. The van der Waals surface area contributed by atoms with Gasteiger partial charge in [-0.1, -0.05) is 23.8 Å². The van der Waals surface area contributed by atoms with Crippen molar-refractivity contribution in [3.05, 3.63) is 28.8 Å². The Hall–Kier alpha value is -1.33. The van der Waals surface area contributed by atoms with Crippen LogP contribution in [-0.4, -0.2) is 22.5 Å². The second-order valence-corrected chi connectivity index (χ2v) is 4.07. The van der Waals surface area contributed by atoms with Crippen molar-refractivity contribution >= 4 is 34.7 Å². The van der Waals surface area contributed by atoms with Crippen LogP contribution in [0.1, 0.15) is 16.8 Å². The van der Waals surface area contributed by atoms with E-state index in [0.29, 0.717) is 18.0 Å². The van der Waals surface area contributed by atoms with E-state index in [4.69, 9.17) is 17.3 Å². The molecule has 4 nitrogen and oxygen atoms in total. The monoisotopic (exact) mass is 258 g/mol. The highest BCUT2D eigenvalue weighted by Crippen LogP contribution is 2.20. The van der Waals surface area contributed by atoms with Crippen LogP contribution in [0.3, 0.4) is 0 Å². The lowest BCUT2D eigenvalue weighted by Crippen LogP contribution is -2.27. The number of amides is 1. The lowest BCUT2D eigenvalue weighted by atomic mass is 10.2. The van der Waals surface area contributed by atoms with E-state index < -0.39 is 0 Å². The third-order valence-corrected chi connectivity index (χ3v) is 2.39. The van der Waals surface area contributed by atoms with E-state index >= 15 is 0 Å². The summed E-state index contributed by atoms with van der Waals surface area (Å²) in [6.07, 6.45) is 0.428. The van der Waals surface area contributed by atoms with Gasteiger partial charge in [-0.05, 0) is 18.2 Å². The molecule has 0 aliphatic rings. The number of aromatic hydroxyl groups is 1. The van der Waals surface area contributed by atoms with Crippen LogP contribution in [0.5, 0.6) is 5.75 Å². The molecule has 86 valence electrons. The van der Waals surface area contributed by atoms with E-state index in [1.807, 2.05) is 0 Å². The lowest BCUT2D eigenvalue weighted by Gasteiger charge is -2.06. The third-order valence-electron chi connectivity index (χ3n) is 1.85. The van der Waals surface area contributed by atoms with Crippen molar-refractivity contribution in [3.8, 4) is 5.75 Å². The number of hydrogen-bond donors (Lipinski definition) is 3. The number of phenolic OH excluding ortho intramolecular Hbond substituents is 1. The molecule has 1 aromatic rings. The molecule has 16 heavy (non-hydrogen) atoms. The molecule has 0 radical (unpaired) electrons. The van der Waals surface area contributed by atoms with Gasteiger partial charge in [0.25, 0.3) is 5.91 Å². The van der Waals surface area contributed by atoms with Crippen LogP contribution in [0.15, 0.2) is 18.2 Å². The van der Waals surface area contributed by atoms with Gasteiger partial charge >= 0.3 is 0 Å². The Kier molecular flexibility index (Phi) is 4.52. The second kappa shape index (κ2) is 5.67. The van der Waals surface area contributed by atoms with Crippen molar-refractivity contribution in [2.24, 2.45) is 5.73 Å². The molecule has 0 atom stereocenters. The number of rotatable bonds is 4. The molecule has 1 amide bonds. The Bertz CT molecular complexity index is 423. The van der Waals surface area contributed by atoms with Crippen molar-refractivity contribution in [2.75, 3.05) is 6.54 Å². The highest BCUT2D eigenvalue weighted by Gasteiger charge is 2.10. The molecule has 0 saturated carbocycles. The average molecular weight is 259 g/mol. The van der Waals surface area contributed by atoms with Crippen LogP contribution in [0.25, 0.3) is 0 Å². The number of nitrogens with one attached hydrogen (secondary N) is 1. The third kappa shape index (κ3) is 3.67. The van der Waals surface area contributed by atoms with Gasteiger partial charge in [-0.3, -0.25) is 4.79 Å². The molecule has 0 bridgehead atoms. The first-order chi connectivity index (χ1) is 7.50. The first-order valence-corrected chi connectivity index (χ1v) is 5.34. The Labute approximate surface area is 103 Å². The van der Waals surface area contributed by atoms with E-state index in [1.54, 1.807) is 0 Å².